The number of ether oxygens (including phenoxy) is 1. The standard InChI is InChI=1S/C10H17NO2/c1-13-7-3-2-5-11-6-4-10(8-11)9-12/h4,6,8,12H,2-3,5,7,9H2,1H3. The monoisotopic (exact) mass is 183 g/mol. The Morgan fingerprint density at radius 1 is 1.46 bits per heavy atom. The highest BCUT2D eigenvalue weighted by Crippen LogP contribution is 2.02. The Bertz CT molecular complexity index is 233. The van der Waals surface area contributed by atoms with Gasteiger partial charge in [-0.15, -0.1) is 0 Å². The molecule has 0 radical (unpaired) electrons. The maximum atomic E-state index is 8.83. The number of nitrogens with zero attached hydrogens (tertiary/aromatic N) is 1. The van der Waals surface area contributed by atoms with E-state index in [4.69, 9.17) is 9.84 Å². The molecule has 74 valence electrons. The third kappa shape index (κ3) is 3.61. The fraction of sp³-hybridized carbons (Fsp3) is 0.600. The van der Waals surface area contributed by atoms with Gasteiger partial charge in [-0.2, -0.15) is 0 Å². The molecule has 0 aliphatic carbocycles. The van der Waals surface area contributed by atoms with Crippen LogP contribution in [-0.2, 0) is 17.9 Å². The first-order valence-corrected chi connectivity index (χ1v) is 4.61. The van der Waals surface area contributed by atoms with E-state index in [0.29, 0.717) is 0 Å². The van der Waals surface area contributed by atoms with E-state index in [1.807, 2.05) is 18.5 Å². The zero-order valence-electron chi connectivity index (χ0n) is 8.07. The van der Waals surface area contributed by atoms with E-state index < -0.39 is 0 Å². The van der Waals surface area contributed by atoms with E-state index in [9.17, 15) is 0 Å². The average Bonchev–Trinajstić information content (AvgIpc) is 2.60. The molecular weight excluding hydrogens is 166 g/mol. The van der Waals surface area contributed by atoms with Gasteiger partial charge >= 0.3 is 0 Å². The Kier molecular flexibility index (Phi) is 4.57. The Morgan fingerprint density at radius 2 is 2.31 bits per heavy atom. The summed E-state index contributed by atoms with van der Waals surface area (Å²) in [7, 11) is 1.72. The van der Waals surface area contributed by atoms with Crippen molar-refractivity contribution in [2.75, 3.05) is 13.7 Å². The fourth-order valence-electron chi connectivity index (χ4n) is 1.26. The minimum absolute atomic E-state index is 0.130. The van der Waals surface area contributed by atoms with Gasteiger partial charge in [-0.3, -0.25) is 0 Å². The van der Waals surface area contributed by atoms with Crippen molar-refractivity contribution in [3.63, 3.8) is 0 Å². The Hall–Kier alpha value is -0.800. The molecule has 0 atom stereocenters. The molecule has 0 unspecified atom stereocenters. The molecule has 1 heterocycles. The highest BCUT2D eigenvalue weighted by atomic mass is 16.5. The lowest BCUT2D eigenvalue weighted by atomic mass is 10.3. The molecule has 1 N–H and O–H groups in total. The summed E-state index contributed by atoms with van der Waals surface area (Å²) < 4.78 is 7.06. The van der Waals surface area contributed by atoms with Gasteiger partial charge in [0.2, 0.25) is 0 Å². The van der Waals surface area contributed by atoms with Crippen molar-refractivity contribution < 1.29 is 9.84 Å². The van der Waals surface area contributed by atoms with Gasteiger partial charge in [-0.1, -0.05) is 0 Å². The van der Waals surface area contributed by atoms with Crippen molar-refractivity contribution in [3.05, 3.63) is 24.0 Å². The molecule has 0 aliphatic heterocycles. The van der Waals surface area contributed by atoms with E-state index in [0.717, 1.165) is 31.6 Å². The number of aromatic nitrogens is 1. The van der Waals surface area contributed by atoms with Crippen LogP contribution < -0.4 is 0 Å². The van der Waals surface area contributed by atoms with E-state index >= 15 is 0 Å². The van der Waals surface area contributed by atoms with Gasteiger partial charge in [-0.05, 0) is 24.5 Å². The van der Waals surface area contributed by atoms with Crippen molar-refractivity contribution in [3.8, 4) is 0 Å². The van der Waals surface area contributed by atoms with Gasteiger partial charge in [0, 0.05) is 32.7 Å². The van der Waals surface area contributed by atoms with Crippen LogP contribution in [0, 0.1) is 0 Å². The molecule has 0 aromatic carbocycles. The number of hydrogen-bond donors (Lipinski definition) is 1. The molecule has 0 saturated carbocycles. The molecule has 3 heteroatoms. The Balaban J connectivity index is 2.20. The lowest BCUT2D eigenvalue weighted by molar-refractivity contribution is 0.191. The van der Waals surface area contributed by atoms with Crippen molar-refractivity contribution in [1.82, 2.24) is 4.57 Å². The van der Waals surface area contributed by atoms with Crippen molar-refractivity contribution in [1.29, 1.82) is 0 Å². The van der Waals surface area contributed by atoms with Gasteiger partial charge in [-0.25, -0.2) is 0 Å². The van der Waals surface area contributed by atoms with Crippen molar-refractivity contribution in [2.24, 2.45) is 0 Å². The molecule has 1 aromatic heterocycles. The first-order chi connectivity index (χ1) is 6.36. The molecule has 1 rings (SSSR count). The highest BCUT2D eigenvalue weighted by molar-refractivity contribution is 5.08. The summed E-state index contributed by atoms with van der Waals surface area (Å²) in [6, 6.07) is 1.94. The summed E-state index contributed by atoms with van der Waals surface area (Å²) >= 11 is 0. The van der Waals surface area contributed by atoms with Gasteiger partial charge in [0.25, 0.3) is 0 Å². The SMILES string of the molecule is COCCCCn1ccc(CO)c1. The Labute approximate surface area is 78.9 Å². The maximum absolute atomic E-state index is 8.83. The predicted molar refractivity (Wildman–Crippen MR) is 51.5 cm³/mol. The Morgan fingerprint density at radius 3 is 2.92 bits per heavy atom. The second-order valence-electron chi connectivity index (χ2n) is 3.12. The van der Waals surface area contributed by atoms with Crippen LogP contribution in [0.1, 0.15) is 18.4 Å². The maximum Gasteiger partial charge on any atom is 0.0696 e. The van der Waals surface area contributed by atoms with Gasteiger partial charge in [0.05, 0.1) is 6.61 Å². The van der Waals surface area contributed by atoms with E-state index in [1.54, 1.807) is 7.11 Å². The number of rotatable bonds is 6. The second kappa shape index (κ2) is 5.78. The molecule has 0 fully saturated rings. The minimum atomic E-state index is 0.130. The summed E-state index contributed by atoms with van der Waals surface area (Å²) in [6.45, 7) is 1.96. The quantitative estimate of drug-likeness (QED) is 0.677. The predicted octanol–water partition coefficient (Wildman–Crippen LogP) is 1.41. The molecule has 3 nitrogen and oxygen atoms in total. The van der Waals surface area contributed by atoms with Crippen LogP contribution in [0.4, 0.5) is 0 Å². The van der Waals surface area contributed by atoms with Crippen molar-refractivity contribution in [2.45, 2.75) is 26.0 Å². The third-order valence-electron chi connectivity index (χ3n) is 2.01. The van der Waals surface area contributed by atoms with Crippen LogP contribution in [-0.4, -0.2) is 23.4 Å². The summed E-state index contributed by atoms with van der Waals surface area (Å²) in [4.78, 5) is 0. The normalized spacial score (nSPS) is 10.6. The number of aliphatic hydroxyl groups is 1. The molecule has 13 heavy (non-hydrogen) atoms. The van der Waals surface area contributed by atoms with Crippen LogP contribution in [0.25, 0.3) is 0 Å². The minimum Gasteiger partial charge on any atom is -0.392 e. The van der Waals surface area contributed by atoms with Crippen LogP contribution in [0.15, 0.2) is 18.5 Å². The van der Waals surface area contributed by atoms with E-state index in [-0.39, 0.29) is 6.61 Å². The topological polar surface area (TPSA) is 34.4 Å². The summed E-state index contributed by atoms with van der Waals surface area (Å²) in [5.74, 6) is 0. The van der Waals surface area contributed by atoms with E-state index in [2.05, 4.69) is 4.57 Å². The zero-order chi connectivity index (χ0) is 9.52. The molecule has 0 spiro atoms. The number of hydrogen-bond acceptors (Lipinski definition) is 2. The van der Waals surface area contributed by atoms with Crippen LogP contribution in [0.3, 0.4) is 0 Å². The summed E-state index contributed by atoms with van der Waals surface area (Å²) in [5, 5.41) is 8.83. The molecule has 1 aromatic rings. The highest BCUT2D eigenvalue weighted by Gasteiger charge is 1.94. The van der Waals surface area contributed by atoms with Crippen LogP contribution >= 0.6 is 0 Å². The molecule has 0 amide bonds. The largest absolute Gasteiger partial charge is 0.392 e. The average molecular weight is 183 g/mol. The molecular formula is C10H17NO2. The third-order valence-corrected chi connectivity index (χ3v) is 2.01. The van der Waals surface area contributed by atoms with Gasteiger partial charge in [0.15, 0.2) is 0 Å². The number of aliphatic hydroxyl groups excluding tert-OH is 1. The fourth-order valence-corrected chi connectivity index (χ4v) is 1.26. The summed E-state index contributed by atoms with van der Waals surface area (Å²) in [6.07, 6.45) is 6.18. The lowest BCUT2D eigenvalue weighted by Gasteiger charge is -2.01. The second-order valence-corrected chi connectivity index (χ2v) is 3.12. The molecule has 0 saturated heterocycles. The van der Waals surface area contributed by atoms with Crippen LogP contribution in [0.2, 0.25) is 0 Å². The molecule has 0 aliphatic rings. The summed E-state index contributed by atoms with van der Waals surface area (Å²) in [5.41, 5.74) is 0.978. The first-order valence-electron chi connectivity index (χ1n) is 4.61. The molecule has 0 bridgehead atoms. The van der Waals surface area contributed by atoms with Crippen LogP contribution in [0.5, 0.6) is 0 Å². The van der Waals surface area contributed by atoms with E-state index in [1.165, 1.54) is 0 Å². The lowest BCUT2D eigenvalue weighted by Crippen LogP contribution is -1.96. The van der Waals surface area contributed by atoms with Gasteiger partial charge < -0.3 is 14.4 Å². The smallest absolute Gasteiger partial charge is 0.0696 e. The number of unbranched alkanes of at least 4 members (excludes halogenated alkanes) is 1. The number of methoxy groups -OCH3 is 1. The van der Waals surface area contributed by atoms with Crippen molar-refractivity contribution >= 4 is 0 Å². The first kappa shape index (κ1) is 10.3. The zero-order valence-corrected chi connectivity index (χ0v) is 8.07. The van der Waals surface area contributed by atoms with Gasteiger partial charge in [0.1, 0.15) is 0 Å². The number of aryl methyl sites for hydroxylation is 1.